The van der Waals surface area contributed by atoms with Gasteiger partial charge in [0.25, 0.3) is 0 Å². The fourth-order valence-electron chi connectivity index (χ4n) is 2.44. The number of carbonyl (C=O) groups excluding carboxylic acids is 2. The maximum Gasteiger partial charge on any atom is 0.305 e. The molecule has 0 atom stereocenters. The normalized spacial score (nSPS) is 10.7. The predicted octanol–water partition coefficient (Wildman–Crippen LogP) is 3.52. The van der Waals surface area contributed by atoms with Crippen molar-refractivity contribution in [1.82, 2.24) is 15.3 Å². The quantitative estimate of drug-likeness (QED) is 0.269. The van der Waals surface area contributed by atoms with Crippen LogP contribution in [0, 0.1) is 0 Å². The number of carbonyl (C=O) groups is 2. The van der Waals surface area contributed by atoms with Crippen molar-refractivity contribution in [3.8, 4) is 10.4 Å². The molecule has 0 aliphatic heterocycles. The van der Waals surface area contributed by atoms with Gasteiger partial charge in [0, 0.05) is 23.2 Å². The number of benzene rings is 1. The van der Waals surface area contributed by atoms with Crippen LogP contribution in [-0.4, -0.2) is 41.3 Å². The first-order valence-corrected chi connectivity index (χ1v) is 10.2. The lowest BCUT2D eigenvalue weighted by Gasteiger charge is -2.05. The molecular weight excluding hydrogens is 382 g/mol. The molecule has 0 aliphatic carbocycles. The van der Waals surface area contributed by atoms with Crippen molar-refractivity contribution in [1.29, 1.82) is 0 Å². The molecule has 140 valence electrons. The zero-order valence-electron chi connectivity index (χ0n) is 14.8. The third-order valence-corrected chi connectivity index (χ3v) is 5.90. The zero-order chi connectivity index (χ0) is 19.1. The van der Waals surface area contributed by atoms with E-state index in [1.807, 2.05) is 18.2 Å². The molecule has 0 spiro atoms. The number of fused-ring (bicyclic) bond motifs is 1. The van der Waals surface area contributed by atoms with Crippen LogP contribution in [0.25, 0.3) is 20.7 Å². The van der Waals surface area contributed by atoms with Crippen molar-refractivity contribution >= 4 is 45.2 Å². The highest BCUT2D eigenvalue weighted by molar-refractivity contribution is 8.00. The number of esters is 1. The van der Waals surface area contributed by atoms with Gasteiger partial charge >= 0.3 is 5.97 Å². The van der Waals surface area contributed by atoms with Crippen molar-refractivity contribution in [3.05, 3.63) is 42.7 Å². The lowest BCUT2D eigenvalue weighted by atomic mass is 10.2. The van der Waals surface area contributed by atoms with E-state index in [4.69, 9.17) is 0 Å². The molecule has 0 saturated carbocycles. The van der Waals surface area contributed by atoms with Gasteiger partial charge in [-0.2, -0.15) is 0 Å². The summed E-state index contributed by atoms with van der Waals surface area (Å²) in [5.41, 5.74) is 1.14. The zero-order valence-corrected chi connectivity index (χ0v) is 16.4. The lowest BCUT2D eigenvalue weighted by Crippen LogP contribution is -2.26. The Bertz CT molecular complexity index is 928. The fraction of sp³-hybridized carbons (Fsp3) is 0.263. The second-order valence-corrected chi connectivity index (χ2v) is 7.69. The highest BCUT2D eigenvalue weighted by Gasteiger charge is 2.12. The van der Waals surface area contributed by atoms with Crippen LogP contribution in [0.4, 0.5) is 0 Å². The molecule has 0 aliphatic rings. The summed E-state index contributed by atoms with van der Waals surface area (Å²) < 4.78 is 4.57. The average molecular weight is 402 g/mol. The molecule has 0 unspecified atom stereocenters. The summed E-state index contributed by atoms with van der Waals surface area (Å²) >= 11 is 3.00. The summed E-state index contributed by atoms with van der Waals surface area (Å²) in [7, 11) is 1.35. The first kappa shape index (κ1) is 19.3. The van der Waals surface area contributed by atoms with E-state index in [2.05, 4.69) is 38.2 Å². The van der Waals surface area contributed by atoms with Crippen molar-refractivity contribution in [2.45, 2.75) is 17.9 Å². The Morgan fingerprint density at radius 1 is 1.22 bits per heavy atom. The van der Waals surface area contributed by atoms with E-state index in [-0.39, 0.29) is 17.6 Å². The molecule has 0 saturated heterocycles. The second-order valence-electron chi connectivity index (χ2n) is 5.69. The molecule has 2 aromatic heterocycles. The Balaban J connectivity index is 1.59. The largest absolute Gasteiger partial charge is 0.469 e. The van der Waals surface area contributed by atoms with E-state index >= 15 is 0 Å². The highest BCUT2D eigenvalue weighted by Crippen LogP contribution is 2.35. The number of hydrogen-bond acceptors (Lipinski definition) is 7. The third kappa shape index (κ3) is 5.27. The van der Waals surface area contributed by atoms with Crippen LogP contribution in [0.15, 0.2) is 47.8 Å². The van der Waals surface area contributed by atoms with Crippen LogP contribution >= 0.6 is 23.1 Å². The SMILES string of the molecule is COC(=O)CCCNC(=O)CSc1ncnc2sc(-c3ccccc3)cc12. The van der Waals surface area contributed by atoms with Crippen LogP contribution in [0.1, 0.15) is 12.8 Å². The Hall–Kier alpha value is -2.45. The van der Waals surface area contributed by atoms with E-state index in [1.165, 1.54) is 25.2 Å². The highest BCUT2D eigenvalue weighted by atomic mass is 32.2. The summed E-state index contributed by atoms with van der Waals surface area (Å²) in [6, 6.07) is 12.2. The molecule has 0 bridgehead atoms. The molecule has 0 radical (unpaired) electrons. The third-order valence-electron chi connectivity index (χ3n) is 3.80. The van der Waals surface area contributed by atoms with Crippen LogP contribution in [-0.2, 0) is 14.3 Å². The monoisotopic (exact) mass is 401 g/mol. The standard InChI is InChI=1S/C19H19N3O3S2/c1-25-17(24)8-5-9-20-16(23)11-26-18-14-10-15(13-6-3-2-4-7-13)27-19(14)22-12-21-18/h2-4,6-7,10,12H,5,8-9,11H2,1H3,(H,20,23). The van der Waals surface area contributed by atoms with Crippen LogP contribution < -0.4 is 5.32 Å². The molecule has 3 rings (SSSR count). The number of amides is 1. The predicted molar refractivity (Wildman–Crippen MR) is 108 cm³/mol. The molecule has 0 fully saturated rings. The number of nitrogens with one attached hydrogen (secondary N) is 1. The molecular formula is C19H19N3O3S2. The van der Waals surface area contributed by atoms with Gasteiger partial charge in [0.1, 0.15) is 16.2 Å². The summed E-state index contributed by atoms with van der Waals surface area (Å²) in [5.74, 6) is -0.0928. The Labute approximate surface area is 165 Å². The maximum atomic E-state index is 12.0. The second kappa shape index (κ2) is 9.48. The smallest absolute Gasteiger partial charge is 0.305 e. The van der Waals surface area contributed by atoms with E-state index in [9.17, 15) is 9.59 Å². The molecule has 3 aromatic rings. The topological polar surface area (TPSA) is 81.2 Å². The number of ether oxygens (including phenoxy) is 1. The molecule has 8 heteroatoms. The number of rotatable bonds is 8. The first-order valence-electron chi connectivity index (χ1n) is 8.43. The van der Waals surface area contributed by atoms with Gasteiger partial charge in [0.15, 0.2) is 0 Å². The number of methoxy groups -OCH3 is 1. The molecule has 1 amide bonds. The van der Waals surface area contributed by atoms with Crippen LogP contribution in [0.2, 0.25) is 0 Å². The molecule has 27 heavy (non-hydrogen) atoms. The van der Waals surface area contributed by atoms with E-state index < -0.39 is 0 Å². The summed E-state index contributed by atoms with van der Waals surface area (Å²) in [4.78, 5) is 33.8. The number of nitrogens with zero attached hydrogens (tertiary/aromatic N) is 2. The van der Waals surface area contributed by atoms with Crippen LogP contribution in [0.3, 0.4) is 0 Å². The van der Waals surface area contributed by atoms with Crippen molar-refractivity contribution in [3.63, 3.8) is 0 Å². The molecule has 1 N–H and O–H groups in total. The maximum absolute atomic E-state index is 12.0. The molecule has 1 aromatic carbocycles. The fourth-order valence-corrected chi connectivity index (χ4v) is 4.31. The summed E-state index contributed by atoms with van der Waals surface area (Å²) in [6.45, 7) is 0.449. The Morgan fingerprint density at radius 2 is 2.04 bits per heavy atom. The summed E-state index contributed by atoms with van der Waals surface area (Å²) in [5, 5.41) is 4.56. The molecule has 2 heterocycles. The van der Waals surface area contributed by atoms with Crippen molar-refractivity contribution in [2.24, 2.45) is 0 Å². The van der Waals surface area contributed by atoms with Gasteiger partial charge in [-0.25, -0.2) is 9.97 Å². The average Bonchev–Trinajstić information content (AvgIpc) is 3.15. The minimum absolute atomic E-state index is 0.0878. The van der Waals surface area contributed by atoms with E-state index in [1.54, 1.807) is 11.3 Å². The lowest BCUT2D eigenvalue weighted by molar-refractivity contribution is -0.140. The van der Waals surface area contributed by atoms with E-state index in [0.29, 0.717) is 19.4 Å². The number of hydrogen-bond donors (Lipinski definition) is 1. The van der Waals surface area contributed by atoms with Crippen molar-refractivity contribution < 1.29 is 14.3 Å². The minimum atomic E-state index is -0.270. The molecule has 6 nitrogen and oxygen atoms in total. The van der Waals surface area contributed by atoms with Gasteiger partial charge in [0.05, 0.1) is 12.9 Å². The first-order chi connectivity index (χ1) is 13.2. The van der Waals surface area contributed by atoms with Crippen molar-refractivity contribution in [2.75, 3.05) is 19.4 Å². The van der Waals surface area contributed by atoms with Crippen LogP contribution in [0.5, 0.6) is 0 Å². The van der Waals surface area contributed by atoms with Gasteiger partial charge in [-0.3, -0.25) is 9.59 Å². The van der Waals surface area contributed by atoms with Gasteiger partial charge < -0.3 is 10.1 Å². The van der Waals surface area contributed by atoms with E-state index in [0.717, 1.165) is 25.7 Å². The van der Waals surface area contributed by atoms with Gasteiger partial charge in [-0.05, 0) is 18.1 Å². The van der Waals surface area contributed by atoms with Gasteiger partial charge in [-0.1, -0.05) is 42.1 Å². The Morgan fingerprint density at radius 3 is 2.81 bits per heavy atom. The van der Waals surface area contributed by atoms with Gasteiger partial charge in [-0.15, -0.1) is 11.3 Å². The van der Waals surface area contributed by atoms with Gasteiger partial charge in [0.2, 0.25) is 5.91 Å². The minimum Gasteiger partial charge on any atom is -0.469 e. The Kier molecular flexibility index (Phi) is 6.78. The number of aromatic nitrogens is 2. The number of thiophene rings is 1. The summed E-state index contributed by atoms with van der Waals surface area (Å²) in [6.07, 6.45) is 2.39. The number of thioether (sulfide) groups is 1.